The number of aromatic carboxylic acids is 1. The molecule has 1 N–H and O–H groups in total. The average Bonchev–Trinajstić information content (AvgIpc) is 3.51. The molecule has 1 aliphatic carbocycles. The van der Waals surface area contributed by atoms with Crippen molar-refractivity contribution in [3.63, 3.8) is 0 Å². The topological polar surface area (TPSA) is 132 Å². The van der Waals surface area contributed by atoms with Crippen molar-refractivity contribution < 1.29 is 23.1 Å². The second-order valence-corrected chi connectivity index (χ2v) is 13.8. The zero-order chi connectivity index (χ0) is 33.0. The number of carboxylic acids is 1. The number of para-hydroxylation sites is 2. The summed E-state index contributed by atoms with van der Waals surface area (Å²) in [6, 6.07) is 23.3. The summed E-state index contributed by atoms with van der Waals surface area (Å²) < 4.78 is 39.5. The van der Waals surface area contributed by atoms with Gasteiger partial charge in [0.15, 0.2) is 0 Å². The monoisotopic (exact) mass is 654 g/mol. The molecule has 2 heterocycles. The Balaban J connectivity index is 1.31. The van der Waals surface area contributed by atoms with Crippen molar-refractivity contribution in [2.24, 2.45) is 7.05 Å². The highest BCUT2D eigenvalue weighted by Crippen LogP contribution is 2.55. The van der Waals surface area contributed by atoms with E-state index in [4.69, 9.17) is 4.74 Å². The molecule has 244 valence electrons. The van der Waals surface area contributed by atoms with E-state index >= 15 is 0 Å². The molecule has 0 amide bonds. The summed E-state index contributed by atoms with van der Waals surface area (Å²) >= 11 is 0. The molecular formula is C35H38N6O5S. The molecule has 5 aromatic rings. The van der Waals surface area contributed by atoms with Gasteiger partial charge in [0.25, 0.3) is 0 Å². The van der Waals surface area contributed by atoms with E-state index in [2.05, 4.69) is 22.3 Å². The number of aromatic nitrogens is 5. The Labute approximate surface area is 274 Å². The van der Waals surface area contributed by atoms with E-state index in [9.17, 15) is 18.3 Å². The predicted octanol–water partition coefficient (Wildman–Crippen LogP) is 6.53. The van der Waals surface area contributed by atoms with Crippen molar-refractivity contribution in [2.75, 3.05) is 6.54 Å². The molecule has 1 fully saturated rings. The van der Waals surface area contributed by atoms with Crippen LogP contribution in [0.15, 0.2) is 96.2 Å². The predicted molar refractivity (Wildman–Crippen MR) is 176 cm³/mol. The molecule has 3 aromatic carbocycles. The number of unbranched alkanes of at least 4 members (excludes halogenated alkanes) is 3. The fourth-order valence-electron chi connectivity index (χ4n) is 5.94. The van der Waals surface area contributed by atoms with Crippen LogP contribution in [0.5, 0.6) is 11.5 Å². The van der Waals surface area contributed by atoms with Crippen LogP contribution >= 0.6 is 0 Å². The number of carboxylic acid groups (broad SMARTS) is 1. The number of sulfonamides is 1. The number of carbonyl (C=O) groups is 1. The highest BCUT2D eigenvalue weighted by atomic mass is 32.2. The van der Waals surface area contributed by atoms with Gasteiger partial charge in [0, 0.05) is 38.2 Å². The number of aryl methyl sites for hydroxylation is 1. The first-order chi connectivity index (χ1) is 22.8. The van der Waals surface area contributed by atoms with Gasteiger partial charge < -0.3 is 9.84 Å². The molecule has 47 heavy (non-hydrogen) atoms. The molecule has 0 bridgehead atoms. The van der Waals surface area contributed by atoms with Gasteiger partial charge in [-0.2, -0.15) is 9.40 Å². The molecule has 12 heteroatoms. The Hall–Kier alpha value is -4.81. The quantitative estimate of drug-likeness (QED) is 0.126. The number of benzene rings is 3. The number of nitrogens with zero attached hydrogens (tertiary/aromatic N) is 6. The van der Waals surface area contributed by atoms with Gasteiger partial charge in [-0.05, 0) is 54.8 Å². The zero-order valence-electron chi connectivity index (χ0n) is 26.4. The van der Waals surface area contributed by atoms with Gasteiger partial charge in [0.05, 0.1) is 23.3 Å². The summed E-state index contributed by atoms with van der Waals surface area (Å²) in [5.41, 5.74) is 2.97. The maximum atomic E-state index is 14.3. The van der Waals surface area contributed by atoms with Crippen molar-refractivity contribution in [2.45, 2.75) is 62.3 Å². The lowest BCUT2D eigenvalue weighted by atomic mass is 10.1. The van der Waals surface area contributed by atoms with Crippen LogP contribution in [0.25, 0.3) is 5.69 Å². The summed E-state index contributed by atoms with van der Waals surface area (Å²) in [6.07, 6.45) is 7.64. The normalized spacial score (nSPS) is 16.0. The zero-order valence-corrected chi connectivity index (χ0v) is 27.3. The van der Waals surface area contributed by atoms with Gasteiger partial charge in [-0.25, -0.2) is 17.9 Å². The Morgan fingerprint density at radius 3 is 2.53 bits per heavy atom. The second-order valence-electron chi connectivity index (χ2n) is 11.9. The van der Waals surface area contributed by atoms with Crippen LogP contribution in [0.3, 0.4) is 0 Å². The number of rotatable bonds is 15. The Morgan fingerprint density at radius 2 is 1.79 bits per heavy atom. The Kier molecular flexibility index (Phi) is 9.50. The minimum Gasteiger partial charge on any atom is -0.478 e. The molecule has 0 spiro atoms. The minimum absolute atomic E-state index is 0.0439. The fraction of sp³-hybridized carbons (Fsp3) is 0.314. The highest BCUT2D eigenvalue weighted by molar-refractivity contribution is 7.89. The van der Waals surface area contributed by atoms with Gasteiger partial charge in [-0.3, -0.25) is 4.68 Å². The number of hydrogen-bond acceptors (Lipinski definition) is 7. The largest absolute Gasteiger partial charge is 0.478 e. The van der Waals surface area contributed by atoms with Crippen molar-refractivity contribution in [1.29, 1.82) is 0 Å². The standard InChI is InChI=1S/C35H38N6O5S/c1-3-4-5-11-19-40(47(44,45)33-18-10-9-17-32(33)46-27-15-7-6-8-16-27)23-25-13-12-14-26(20-25)41-34(30(22-36-41)35(42)43)29-21-28(29)31-24-39(2)38-37-31/h6-10,12-18,20,22,24,28-29H,3-5,11,19,21,23H2,1-2H3,(H,42,43)/t28-,29-/m1/s1. The van der Waals surface area contributed by atoms with E-state index < -0.39 is 16.0 Å². The van der Waals surface area contributed by atoms with Crippen molar-refractivity contribution >= 4 is 16.0 Å². The van der Waals surface area contributed by atoms with Gasteiger partial charge in [-0.15, -0.1) is 5.10 Å². The molecule has 11 nitrogen and oxygen atoms in total. The summed E-state index contributed by atoms with van der Waals surface area (Å²) in [4.78, 5) is 12.3. The van der Waals surface area contributed by atoms with Crippen LogP contribution in [0, 0.1) is 0 Å². The second kappa shape index (κ2) is 13.9. The van der Waals surface area contributed by atoms with E-state index in [-0.39, 0.29) is 34.6 Å². The van der Waals surface area contributed by atoms with Crippen LogP contribution in [-0.4, -0.2) is 55.1 Å². The third-order valence-corrected chi connectivity index (χ3v) is 10.3. The van der Waals surface area contributed by atoms with E-state index in [1.54, 1.807) is 52.8 Å². The molecule has 6 rings (SSSR count). The van der Waals surface area contributed by atoms with Crippen LogP contribution in [-0.2, 0) is 23.6 Å². The Morgan fingerprint density at radius 1 is 1.00 bits per heavy atom. The maximum Gasteiger partial charge on any atom is 0.339 e. The number of ether oxygens (including phenoxy) is 1. The maximum absolute atomic E-state index is 14.3. The summed E-state index contributed by atoms with van der Waals surface area (Å²) in [7, 11) is -2.18. The SMILES string of the molecule is CCCCCCN(Cc1cccc(-n2ncc(C(=O)O)c2[C@@H]2C[C@H]2c2cn(C)nn2)c1)S(=O)(=O)c1ccccc1Oc1ccccc1. The van der Waals surface area contributed by atoms with Gasteiger partial charge in [-0.1, -0.05) is 73.9 Å². The lowest BCUT2D eigenvalue weighted by molar-refractivity contribution is 0.0695. The highest BCUT2D eigenvalue weighted by Gasteiger charge is 2.46. The van der Waals surface area contributed by atoms with Crippen molar-refractivity contribution in [3.8, 4) is 17.2 Å². The van der Waals surface area contributed by atoms with Crippen LogP contribution in [0.1, 0.15) is 78.2 Å². The lowest BCUT2D eigenvalue weighted by Crippen LogP contribution is -2.32. The third-order valence-electron chi connectivity index (χ3n) is 8.39. The summed E-state index contributed by atoms with van der Waals surface area (Å²) in [5.74, 6) is -0.281. The fourth-order valence-corrected chi connectivity index (χ4v) is 7.52. The Bertz CT molecular complexity index is 1960. The van der Waals surface area contributed by atoms with Crippen molar-refractivity contribution in [3.05, 3.63) is 114 Å². The molecule has 1 aliphatic rings. The molecule has 1 saturated carbocycles. The van der Waals surface area contributed by atoms with Crippen LogP contribution in [0.4, 0.5) is 0 Å². The van der Waals surface area contributed by atoms with E-state index in [1.165, 1.54) is 10.5 Å². The van der Waals surface area contributed by atoms with E-state index in [1.807, 2.05) is 48.7 Å². The lowest BCUT2D eigenvalue weighted by Gasteiger charge is -2.24. The average molecular weight is 655 g/mol. The van der Waals surface area contributed by atoms with E-state index in [0.717, 1.165) is 36.9 Å². The summed E-state index contributed by atoms with van der Waals surface area (Å²) in [6.45, 7) is 2.58. The third kappa shape index (κ3) is 7.13. The molecule has 0 saturated heterocycles. The molecular weight excluding hydrogens is 616 g/mol. The first-order valence-corrected chi connectivity index (χ1v) is 17.3. The first kappa shape index (κ1) is 32.1. The van der Waals surface area contributed by atoms with Gasteiger partial charge in [0.2, 0.25) is 10.0 Å². The smallest absolute Gasteiger partial charge is 0.339 e. The van der Waals surface area contributed by atoms with Gasteiger partial charge in [0.1, 0.15) is 22.0 Å². The van der Waals surface area contributed by atoms with Crippen LogP contribution < -0.4 is 4.74 Å². The minimum atomic E-state index is -3.98. The summed E-state index contributed by atoms with van der Waals surface area (Å²) in [5, 5.41) is 22.8. The van der Waals surface area contributed by atoms with E-state index in [0.29, 0.717) is 30.1 Å². The number of hydrogen-bond donors (Lipinski definition) is 1. The first-order valence-electron chi connectivity index (χ1n) is 15.8. The van der Waals surface area contributed by atoms with Crippen LogP contribution in [0.2, 0.25) is 0 Å². The molecule has 0 radical (unpaired) electrons. The van der Waals surface area contributed by atoms with Crippen molar-refractivity contribution in [1.82, 2.24) is 29.1 Å². The molecule has 0 aliphatic heterocycles. The molecule has 2 atom stereocenters. The molecule has 0 unspecified atom stereocenters. The molecule has 2 aromatic heterocycles. The van der Waals surface area contributed by atoms with Gasteiger partial charge >= 0.3 is 5.97 Å².